The Morgan fingerprint density at radius 2 is 1.92 bits per heavy atom. The summed E-state index contributed by atoms with van der Waals surface area (Å²) in [5, 5.41) is 8.78. The van der Waals surface area contributed by atoms with Crippen molar-refractivity contribution in [3.05, 3.63) is 29.3 Å². The lowest BCUT2D eigenvalue weighted by Gasteiger charge is -2.18. The molecule has 0 saturated heterocycles. The Hall–Kier alpha value is -1.02. The van der Waals surface area contributed by atoms with E-state index < -0.39 is 0 Å². The van der Waals surface area contributed by atoms with E-state index in [1.165, 1.54) is 11.1 Å². The Labute approximate surface area is 79.8 Å². The van der Waals surface area contributed by atoms with Crippen LogP contribution >= 0.6 is 0 Å². The second-order valence-corrected chi connectivity index (χ2v) is 3.41. The van der Waals surface area contributed by atoms with Crippen molar-refractivity contribution in [2.45, 2.75) is 13.8 Å². The summed E-state index contributed by atoms with van der Waals surface area (Å²) in [4.78, 5) is 2.05. The van der Waals surface area contributed by atoms with Crippen LogP contribution in [0.25, 0.3) is 0 Å². The van der Waals surface area contributed by atoms with Crippen molar-refractivity contribution in [3.63, 3.8) is 0 Å². The highest BCUT2D eigenvalue weighted by atomic mass is 16.3. The van der Waals surface area contributed by atoms with Crippen LogP contribution in [0.15, 0.2) is 18.2 Å². The summed E-state index contributed by atoms with van der Waals surface area (Å²) in [6.45, 7) is 5.09. The maximum absolute atomic E-state index is 8.78. The summed E-state index contributed by atoms with van der Waals surface area (Å²) >= 11 is 0. The van der Waals surface area contributed by atoms with Crippen LogP contribution in [0.2, 0.25) is 0 Å². The molecule has 0 amide bonds. The fourth-order valence-corrected chi connectivity index (χ4v) is 1.24. The lowest BCUT2D eigenvalue weighted by molar-refractivity contribution is 0.304. The van der Waals surface area contributed by atoms with Crippen LogP contribution in [-0.2, 0) is 0 Å². The molecule has 0 aliphatic heterocycles. The van der Waals surface area contributed by atoms with Crippen molar-refractivity contribution in [3.8, 4) is 0 Å². The number of hydrogen-bond acceptors (Lipinski definition) is 2. The largest absolute Gasteiger partial charge is 0.395 e. The average molecular weight is 179 g/mol. The number of nitrogens with zero attached hydrogens (tertiary/aromatic N) is 1. The van der Waals surface area contributed by atoms with Gasteiger partial charge in [0.1, 0.15) is 0 Å². The molecule has 2 heteroatoms. The van der Waals surface area contributed by atoms with Crippen LogP contribution < -0.4 is 4.90 Å². The second-order valence-electron chi connectivity index (χ2n) is 3.41. The maximum atomic E-state index is 8.78. The first-order valence-electron chi connectivity index (χ1n) is 4.54. The van der Waals surface area contributed by atoms with Crippen molar-refractivity contribution in [1.29, 1.82) is 0 Å². The lowest BCUT2D eigenvalue weighted by Crippen LogP contribution is -2.21. The highest BCUT2D eigenvalue weighted by Gasteiger charge is 2.00. The van der Waals surface area contributed by atoms with Gasteiger partial charge < -0.3 is 10.0 Å². The fraction of sp³-hybridized carbons (Fsp3) is 0.455. The molecule has 0 bridgehead atoms. The molecule has 2 nitrogen and oxygen atoms in total. The quantitative estimate of drug-likeness (QED) is 0.764. The van der Waals surface area contributed by atoms with Gasteiger partial charge in [-0.15, -0.1) is 0 Å². The van der Waals surface area contributed by atoms with Gasteiger partial charge in [-0.1, -0.05) is 6.07 Å². The Morgan fingerprint density at radius 3 is 2.46 bits per heavy atom. The summed E-state index contributed by atoms with van der Waals surface area (Å²) < 4.78 is 0. The normalized spacial score (nSPS) is 10.2. The standard InChI is InChI=1S/C11H17NO/c1-9-4-5-11(8-10(9)2)12(3)6-7-13/h4-5,8,13H,6-7H2,1-3H3. The Bertz CT molecular complexity index is 283. The van der Waals surface area contributed by atoms with E-state index in [0.29, 0.717) is 6.54 Å². The van der Waals surface area contributed by atoms with E-state index in [-0.39, 0.29) is 6.61 Å². The second kappa shape index (κ2) is 4.28. The number of likely N-dealkylation sites (N-methyl/N-ethyl adjacent to an activating group) is 1. The Morgan fingerprint density at radius 1 is 1.23 bits per heavy atom. The van der Waals surface area contributed by atoms with Crippen LogP contribution in [-0.4, -0.2) is 25.3 Å². The van der Waals surface area contributed by atoms with E-state index in [0.717, 1.165) is 5.69 Å². The van der Waals surface area contributed by atoms with Crippen molar-refractivity contribution in [2.24, 2.45) is 0 Å². The van der Waals surface area contributed by atoms with Crippen LogP contribution in [0.5, 0.6) is 0 Å². The molecule has 1 rings (SSSR count). The number of aliphatic hydroxyl groups excluding tert-OH is 1. The zero-order chi connectivity index (χ0) is 9.84. The number of anilines is 1. The topological polar surface area (TPSA) is 23.5 Å². The van der Waals surface area contributed by atoms with Gasteiger partial charge in [-0.2, -0.15) is 0 Å². The SMILES string of the molecule is Cc1ccc(N(C)CCO)cc1C. The summed E-state index contributed by atoms with van der Waals surface area (Å²) in [6.07, 6.45) is 0. The zero-order valence-corrected chi connectivity index (χ0v) is 8.54. The van der Waals surface area contributed by atoms with E-state index in [2.05, 4.69) is 32.0 Å². The summed E-state index contributed by atoms with van der Waals surface area (Å²) in [5.41, 5.74) is 3.76. The predicted octanol–water partition coefficient (Wildman–Crippen LogP) is 1.73. The van der Waals surface area contributed by atoms with E-state index in [1.54, 1.807) is 0 Å². The van der Waals surface area contributed by atoms with Crippen LogP contribution in [0.3, 0.4) is 0 Å². The van der Waals surface area contributed by atoms with E-state index >= 15 is 0 Å². The number of aliphatic hydroxyl groups is 1. The molecule has 72 valence electrons. The first-order valence-corrected chi connectivity index (χ1v) is 4.54. The minimum absolute atomic E-state index is 0.198. The molecule has 0 aliphatic rings. The van der Waals surface area contributed by atoms with Gasteiger partial charge in [0.15, 0.2) is 0 Å². The van der Waals surface area contributed by atoms with E-state index in [9.17, 15) is 0 Å². The monoisotopic (exact) mass is 179 g/mol. The minimum atomic E-state index is 0.198. The van der Waals surface area contributed by atoms with Crippen molar-refractivity contribution in [2.75, 3.05) is 25.1 Å². The van der Waals surface area contributed by atoms with Crippen LogP contribution in [0, 0.1) is 13.8 Å². The van der Waals surface area contributed by atoms with Gasteiger partial charge in [-0.25, -0.2) is 0 Å². The van der Waals surface area contributed by atoms with Crippen molar-refractivity contribution < 1.29 is 5.11 Å². The van der Waals surface area contributed by atoms with Gasteiger partial charge in [0, 0.05) is 19.3 Å². The average Bonchev–Trinajstić information content (AvgIpc) is 2.10. The van der Waals surface area contributed by atoms with Crippen molar-refractivity contribution >= 4 is 5.69 Å². The molecule has 0 heterocycles. The highest BCUT2D eigenvalue weighted by Crippen LogP contribution is 2.16. The fourth-order valence-electron chi connectivity index (χ4n) is 1.24. The predicted molar refractivity (Wildman–Crippen MR) is 56.3 cm³/mol. The number of benzene rings is 1. The molecule has 0 unspecified atom stereocenters. The third-order valence-electron chi connectivity index (χ3n) is 2.37. The Balaban J connectivity index is 2.84. The third-order valence-corrected chi connectivity index (χ3v) is 2.37. The molecular weight excluding hydrogens is 162 g/mol. The number of hydrogen-bond donors (Lipinski definition) is 1. The molecule has 13 heavy (non-hydrogen) atoms. The smallest absolute Gasteiger partial charge is 0.0606 e. The molecular formula is C11H17NO. The summed E-state index contributed by atoms with van der Waals surface area (Å²) in [5.74, 6) is 0. The highest BCUT2D eigenvalue weighted by molar-refractivity contribution is 5.49. The van der Waals surface area contributed by atoms with E-state index in [4.69, 9.17) is 5.11 Å². The van der Waals surface area contributed by atoms with Gasteiger partial charge in [0.05, 0.1) is 6.61 Å². The molecule has 0 aromatic heterocycles. The number of aryl methyl sites for hydroxylation is 2. The molecule has 0 fully saturated rings. The first kappa shape index (κ1) is 10.1. The van der Waals surface area contributed by atoms with Gasteiger partial charge in [0.25, 0.3) is 0 Å². The molecule has 0 aliphatic carbocycles. The minimum Gasteiger partial charge on any atom is -0.395 e. The molecule has 0 atom stereocenters. The third kappa shape index (κ3) is 2.46. The van der Waals surface area contributed by atoms with Crippen LogP contribution in [0.4, 0.5) is 5.69 Å². The van der Waals surface area contributed by atoms with Gasteiger partial charge in [-0.3, -0.25) is 0 Å². The van der Waals surface area contributed by atoms with Crippen LogP contribution in [0.1, 0.15) is 11.1 Å². The summed E-state index contributed by atoms with van der Waals surface area (Å²) in [7, 11) is 1.99. The van der Waals surface area contributed by atoms with Crippen molar-refractivity contribution in [1.82, 2.24) is 0 Å². The zero-order valence-electron chi connectivity index (χ0n) is 8.54. The van der Waals surface area contributed by atoms with Gasteiger partial charge >= 0.3 is 0 Å². The summed E-state index contributed by atoms with van der Waals surface area (Å²) in [6, 6.07) is 6.33. The van der Waals surface area contributed by atoms with E-state index in [1.807, 2.05) is 11.9 Å². The van der Waals surface area contributed by atoms with Gasteiger partial charge in [-0.05, 0) is 37.1 Å². The molecule has 1 N–H and O–H groups in total. The molecule has 0 spiro atoms. The number of rotatable bonds is 3. The maximum Gasteiger partial charge on any atom is 0.0606 e. The Kier molecular flexibility index (Phi) is 3.32. The molecule has 1 aromatic carbocycles. The molecule has 0 radical (unpaired) electrons. The molecule has 0 saturated carbocycles. The molecule has 1 aromatic rings. The first-order chi connectivity index (χ1) is 6.15. The van der Waals surface area contributed by atoms with Gasteiger partial charge in [0.2, 0.25) is 0 Å². The lowest BCUT2D eigenvalue weighted by atomic mass is 10.1.